The van der Waals surface area contributed by atoms with E-state index >= 15 is 8.78 Å². The van der Waals surface area contributed by atoms with Crippen LogP contribution in [-0.2, 0) is 26.5 Å². The summed E-state index contributed by atoms with van der Waals surface area (Å²) in [5.74, 6) is -3.26. The van der Waals surface area contributed by atoms with Crippen molar-refractivity contribution in [2.24, 2.45) is 0 Å². The molecule has 0 saturated carbocycles. The largest absolute Gasteiger partial charge is 2.00 e. The maximum absolute atomic E-state index is 15.6. The first-order valence-corrected chi connectivity index (χ1v) is 17.7. The van der Waals surface area contributed by atoms with E-state index in [1.54, 1.807) is 61.7 Å². The SMILES string of the molecule is CC(C)(c1cc(N(c2ccncc2)c2ccncc2)cc(-c2[c-]cc(F)cc2F)n1)c1cc(N(c2ccncc2)c2ccncc2)cc(-c2[c-]cc(F)cc2F)n1.[Pt+2]. The van der Waals surface area contributed by atoms with Crippen LogP contribution in [0.25, 0.3) is 22.5 Å². The number of pyridine rings is 6. The van der Waals surface area contributed by atoms with Crippen molar-refractivity contribution in [3.63, 3.8) is 0 Å². The molecular weight excluding hydrogens is 924 g/mol. The number of halogens is 4. The van der Waals surface area contributed by atoms with Gasteiger partial charge in [0.1, 0.15) is 0 Å². The van der Waals surface area contributed by atoms with E-state index in [0.29, 0.717) is 22.8 Å². The number of aromatic nitrogens is 6. The number of hydrogen-bond acceptors (Lipinski definition) is 8. The summed E-state index contributed by atoms with van der Waals surface area (Å²) < 4.78 is 59.6. The molecule has 0 bridgehead atoms. The molecular formula is C45H30F4N8Pt. The van der Waals surface area contributed by atoms with Crippen molar-refractivity contribution in [1.82, 2.24) is 29.9 Å². The maximum atomic E-state index is 15.6. The van der Waals surface area contributed by atoms with Crippen LogP contribution >= 0.6 is 0 Å². The van der Waals surface area contributed by atoms with Gasteiger partial charge in [-0.1, -0.05) is 35.4 Å². The first-order chi connectivity index (χ1) is 27.7. The van der Waals surface area contributed by atoms with Gasteiger partial charge in [-0.3, -0.25) is 37.5 Å². The maximum Gasteiger partial charge on any atom is 2.00 e. The summed E-state index contributed by atoms with van der Waals surface area (Å²) in [6.07, 6.45) is 13.3. The van der Waals surface area contributed by atoms with Gasteiger partial charge < -0.3 is 19.8 Å². The molecule has 6 aromatic heterocycles. The molecule has 58 heavy (non-hydrogen) atoms. The molecule has 0 aliphatic heterocycles. The molecule has 8 aromatic rings. The number of nitrogens with zero attached hydrogens (tertiary/aromatic N) is 8. The molecule has 0 amide bonds. The van der Waals surface area contributed by atoms with Crippen molar-refractivity contribution >= 4 is 34.1 Å². The third-order valence-corrected chi connectivity index (χ3v) is 9.33. The van der Waals surface area contributed by atoms with Gasteiger partial charge in [0.05, 0.1) is 0 Å². The molecule has 0 radical (unpaired) electrons. The van der Waals surface area contributed by atoms with Crippen LogP contribution in [0.2, 0.25) is 0 Å². The Bertz CT molecular complexity index is 2410. The average molecular weight is 954 g/mol. The third-order valence-electron chi connectivity index (χ3n) is 9.33. The van der Waals surface area contributed by atoms with Gasteiger partial charge in [-0.25, -0.2) is 0 Å². The summed E-state index contributed by atoms with van der Waals surface area (Å²) in [4.78, 5) is 30.6. The molecule has 0 aliphatic carbocycles. The number of hydrogen-bond donors (Lipinski definition) is 0. The van der Waals surface area contributed by atoms with Crippen molar-refractivity contribution in [3.8, 4) is 22.5 Å². The van der Waals surface area contributed by atoms with E-state index in [2.05, 4.69) is 32.1 Å². The second-order valence-corrected chi connectivity index (χ2v) is 13.4. The Morgan fingerprint density at radius 2 is 0.759 bits per heavy atom. The first-order valence-electron chi connectivity index (χ1n) is 17.7. The molecule has 13 heteroatoms. The number of rotatable bonds is 10. The molecule has 0 N–H and O–H groups in total. The van der Waals surface area contributed by atoms with E-state index < -0.39 is 28.7 Å². The van der Waals surface area contributed by atoms with E-state index in [4.69, 9.17) is 9.97 Å². The summed E-state index contributed by atoms with van der Waals surface area (Å²) in [5.41, 5.74) is 4.07. The van der Waals surface area contributed by atoms with Crippen molar-refractivity contribution in [2.45, 2.75) is 19.3 Å². The summed E-state index contributed by atoms with van der Waals surface area (Å²) >= 11 is 0. The van der Waals surface area contributed by atoms with E-state index in [1.807, 2.05) is 84.3 Å². The van der Waals surface area contributed by atoms with E-state index in [-0.39, 0.29) is 43.6 Å². The number of anilines is 6. The molecule has 8 nitrogen and oxygen atoms in total. The van der Waals surface area contributed by atoms with Crippen LogP contribution in [0.15, 0.2) is 147 Å². The second kappa shape index (κ2) is 16.8. The molecule has 0 aliphatic rings. The van der Waals surface area contributed by atoms with Gasteiger partial charge in [-0.15, -0.1) is 24.3 Å². The normalized spacial score (nSPS) is 11.1. The Labute approximate surface area is 346 Å². The van der Waals surface area contributed by atoms with Crippen molar-refractivity contribution in [3.05, 3.63) is 193 Å². The summed E-state index contributed by atoms with van der Waals surface area (Å²) in [5, 5.41) is 0. The Morgan fingerprint density at radius 1 is 0.448 bits per heavy atom. The average Bonchev–Trinajstić information content (AvgIpc) is 3.22. The molecule has 2 aromatic carbocycles. The monoisotopic (exact) mass is 953 g/mol. The minimum Gasteiger partial charge on any atom is -0.311 e. The van der Waals surface area contributed by atoms with Gasteiger partial charge in [0.25, 0.3) is 0 Å². The second-order valence-electron chi connectivity index (χ2n) is 13.4. The van der Waals surface area contributed by atoms with Crippen LogP contribution in [0.4, 0.5) is 51.7 Å². The number of benzene rings is 2. The molecule has 0 saturated heterocycles. The third kappa shape index (κ3) is 8.10. The molecule has 0 atom stereocenters. The standard InChI is InChI=1S/C45H30F4N8.Pt/c1-45(2,43-27-35(25-41(54-43)37-5-3-29(46)23-39(37)48)56(31-7-15-50-16-8-31)32-9-17-51-18-10-32)44-28-36(26-42(55-44)38-6-4-30(47)24-40(38)49)57(33-11-19-52-20-12-33)34-13-21-53-22-14-34;/h3-4,7-28H,1-2H3;/q-2;+2. The Balaban J connectivity index is 0.00000512. The van der Waals surface area contributed by atoms with Gasteiger partial charge in [-0.2, -0.15) is 0 Å². The smallest absolute Gasteiger partial charge is 0.311 e. The first kappa shape index (κ1) is 39.6. The molecule has 0 fully saturated rings. The Hall–Kier alpha value is -6.65. The van der Waals surface area contributed by atoms with Crippen LogP contribution in [0, 0.1) is 35.4 Å². The van der Waals surface area contributed by atoms with Gasteiger partial charge in [-0.05, 0) is 85.9 Å². The fourth-order valence-corrected chi connectivity index (χ4v) is 6.47. The predicted molar refractivity (Wildman–Crippen MR) is 210 cm³/mol. The van der Waals surface area contributed by atoms with E-state index in [1.165, 1.54) is 0 Å². The Kier molecular flexibility index (Phi) is 11.5. The minimum absolute atomic E-state index is 0. The zero-order valence-electron chi connectivity index (χ0n) is 30.8. The molecule has 8 rings (SSSR count). The fraction of sp³-hybridized carbons (Fsp3) is 0.0667. The summed E-state index contributed by atoms with van der Waals surface area (Å²) in [6, 6.07) is 30.8. The zero-order chi connectivity index (χ0) is 39.5. The van der Waals surface area contributed by atoms with E-state index in [9.17, 15) is 8.78 Å². The van der Waals surface area contributed by atoms with Crippen molar-refractivity contribution in [2.75, 3.05) is 9.80 Å². The van der Waals surface area contributed by atoms with Crippen LogP contribution in [-0.4, -0.2) is 29.9 Å². The van der Waals surface area contributed by atoms with Crippen molar-refractivity contribution < 1.29 is 38.6 Å². The summed E-state index contributed by atoms with van der Waals surface area (Å²) in [7, 11) is 0. The molecule has 0 unspecified atom stereocenters. The molecule has 288 valence electrons. The van der Waals surface area contributed by atoms with Gasteiger partial charge >= 0.3 is 21.1 Å². The molecule has 6 heterocycles. The van der Waals surface area contributed by atoms with Crippen LogP contribution in [0.5, 0.6) is 0 Å². The summed E-state index contributed by atoms with van der Waals surface area (Å²) in [6.45, 7) is 3.78. The van der Waals surface area contributed by atoms with Crippen molar-refractivity contribution in [1.29, 1.82) is 0 Å². The predicted octanol–water partition coefficient (Wildman–Crippen LogP) is 10.8. The topological polar surface area (TPSA) is 83.8 Å². The quantitative estimate of drug-likeness (QED) is 0.0990. The minimum atomic E-state index is -1.10. The molecule has 0 spiro atoms. The Morgan fingerprint density at radius 3 is 1.05 bits per heavy atom. The van der Waals surface area contributed by atoms with Gasteiger partial charge in [0.2, 0.25) is 0 Å². The van der Waals surface area contributed by atoms with Crippen LogP contribution < -0.4 is 9.80 Å². The van der Waals surface area contributed by atoms with Gasteiger partial charge in [0.15, 0.2) is 0 Å². The van der Waals surface area contributed by atoms with Crippen LogP contribution in [0.1, 0.15) is 25.2 Å². The van der Waals surface area contributed by atoms with Crippen LogP contribution in [0.3, 0.4) is 0 Å². The zero-order valence-corrected chi connectivity index (χ0v) is 33.0. The fourth-order valence-electron chi connectivity index (χ4n) is 6.47. The van der Waals surface area contributed by atoms with Gasteiger partial charge in [0, 0.05) is 124 Å². The van der Waals surface area contributed by atoms with E-state index in [0.717, 1.165) is 47.0 Å².